The van der Waals surface area contributed by atoms with E-state index in [1.54, 1.807) is 12.1 Å². The summed E-state index contributed by atoms with van der Waals surface area (Å²) < 4.78 is 0. The van der Waals surface area contributed by atoms with Crippen molar-refractivity contribution in [2.75, 3.05) is 0 Å². The highest BCUT2D eigenvalue weighted by atomic mass is 35.5. The van der Waals surface area contributed by atoms with Crippen LogP contribution in [0, 0.1) is 6.92 Å². The average molecular weight is 293 g/mol. The van der Waals surface area contributed by atoms with Gasteiger partial charge in [-0.1, -0.05) is 59.1 Å². The van der Waals surface area contributed by atoms with E-state index in [0.29, 0.717) is 22.9 Å². The van der Waals surface area contributed by atoms with Gasteiger partial charge in [0.25, 0.3) is 0 Å². The highest BCUT2D eigenvalue weighted by Crippen LogP contribution is 2.23. The third-order valence-electron chi connectivity index (χ3n) is 2.87. The van der Waals surface area contributed by atoms with Gasteiger partial charge in [0.15, 0.2) is 0 Å². The van der Waals surface area contributed by atoms with Crippen LogP contribution in [0.15, 0.2) is 42.5 Å². The minimum absolute atomic E-state index is 0.170. The Morgan fingerprint density at radius 1 is 0.947 bits per heavy atom. The average Bonchev–Trinajstić information content (AvgIpc) is 2.34. The first kappa shape index (κ1) is 14.1. The molecule has 0 atom stereocenters. The summed E-state index contributed by atoms with van der Waals surface area (Å²) >= 11 is 11.8. The molecule has 0 aliphatic heterocycles. The normalized spacial score (nSPS) is 10.5. The molecular weight excluding hydrogens is 279 g/mol. The molecule has 2 rings (SSSR count). The first-order chi connectivity index (χ1) is 9.04. The van der Waals surface area contributed by atoms with Crippen molar-refractivity contribution in [3.05, 3.63) is 69.2 Å². The molecule has 0 saturated carbocycles. The summed E-state index contributed by atoms with van der Waals surface area (Å²) in [5.74, 6) is 0.170. The number of hydrogen-bond donors (Lipinski definition) is 0. The molecule has 0 aliphatic rings. The number of benzene rings is 2. The van der Waals surface area contributed by atoms with E-state index in [4.69, 9.17) is 23.2 Å². The van der Waals surface area contributed by atoms with Gasteiger partial charge in [0, 0.05) is 12.8 Å². The number of rotatable bonds is 4. The predicted octanol–water partition coefficient (Wildman–Crippen LogP) is 4.66. The monoisotopic (exact) mass is 292 g/mol. The van der Waals surface area contributed by atoms with Crippen LogP contribution in [-0.4, -0.2) is 5.78 Å². The summed E-state index contributed by atoms with van der Waals surface area (Å²) in [4.78, 5) is 12.0. The molecule has 0 aliphatic carbocycles. The van der Waals surface area contributed by atoms with E-state index in [1.807, 2.05) is 37.3 Å². The standard InChI is InChI=1S/C16H14Cl2O/c1-11-3-2-4-12(7-11)8-14(19)9-13-5-6-15(17)16(18)10-13/h2-7,10H,8-9H2,1H3. The molecule has 0 spiro atoms. The van der Waals surface area contributed by atoms with Gasteiger partial charge in [0.05, 0.1) is 10.0 Å². The summed E-state index contributed by atoms with van der Waals surface area (Å²) in [6, 6.07) is 13.3. The Morgan fingerprint density at radius 2 is 1.63 bits per heavy atom. The van der Waals surface area contributed by atoms with Crippen molar-refractivity contribution in [3.8, 4) is 0 Å². The fourth-order valence-corrected chi connectivity index (χ4v) is 2.31. The van der Waals surface area contributed by atoms with Gasteiger partial charge in [0.2, 0.25) is 0 Å². The third-order valence-corrected chi connectivity index (χ3v) is 3.61. The lowest BCUT2D eigenvalue weighted by Gasteiger charge is -2.04. The molecule has 0 bridgehead atoms. The maximum absolute atomic E-state index is 12.0. The van der Waals surface area contributed by atoms with Crippen LogP contribution in [0.1, 0.15) is 16.7 Å². The van der Waals surface area contributed by atoms with Crippen LogP contribution in [-0.2, 0) is 17.6 Å². The van der Waals surface area contributed by atoms with Gasteiger partial charge in [-0.15, -0.1) is 0 Å². The van der Waals surface area contributed by atoms with Crippen molar-refractivity contribution in [2.24, 2.45) is 0 Å². The molecule has 3 heteroatoms. The summed E-state index contributed by atoms with van der Waals surface area (Å²) in [7, 11) is 0. The first-order valence-electron chi connectivity index (χ1n) is 6.06. The third kappa shape index (κ3) is 4.09. The van der Waals surface area contributed by atoms with Crippen LogP contribution >= 0.6 is 23.2 Å². The molecule has 0 fully saturated rings. The van der Waals surface area contributed by atoms with Gasteiger partial charge in [0.1, 0.15) is 5.78 Å². The van der Waals surface area contributed by atoms with Crippen LogP contribution in [0.3, 0.4) is 0 Å². The largest absolute Gasteiger partial charge is 0.299 e. The van der Waals surface area contributed by atoms with Crippen molar-refractivity contribution in [3.63, 3.8) is 0 Å². The first-order valence-corrected chi connectivity index (χ1v) is 6.81. The highest BCUT2D eigenvalue weighted by molar-refractivity contribution is 6.42. The Kier molecular flexibility index (Phi) is 4.62. The smallest absolute Gasteiger partial charge is 0.141 e. The number of hydrogen-bond acceptors (Lipinski definition) is 1. The molecule has 0 radical (unpaired) electrons. The minimum atomic E-state index is 0.170. The van der Waals surface area contributed by atoms with E-state index in [2.05, 4.69) is 0 Å². The maximum Gasteiger partial charge on any atom is 0.141 e. The molecule has 0 amide bonds. The second kappa shape index (κ2) is 6.23. The van der Waals surface area contributed by atoms with E-state index < -0.39 is 0 Å². The molecule has 2 aromatic carbocycles. The zero-order valence-corrected chi connectivity index (χ0v) is 12.1. The van der Waals surface area contributed by atoms with E-state index in [1.165, 1.54) is 5.56 Å². The minimum Gasteiger partial charge on any atom is -0.299 e. The number of halogens is 2. The molecule has 2 aromatic rings. The topological polar surface area (TPSA) is 17.1 Å². The van der Waals surface area contributed by atoms with E-state index in [-0.39, 0.29) is 5.78 Å². The molecule has 0 unspecified atom stereocenters. The van der Waals surface area contributed by atoms with Crippen LogP contribution in [0.4, 0.5) is 0 Å². The van der Waals surface area contributed by atoms with Crippen LogP contribution < -0.4 is 0 Å². The Bertz CT molecular complexity index is 605. The molecule has 0 aromatic heterocycles. The number of aryl methyl sites for hydroxylation is 1. The Hall–Kier alpha value is -1.31. The van der Waals surface area contributed by atoms with Crippen molar-refractivity contribution in [1.82, 2.24) is 0 Å². The number of ketones is 1. The summed E-state index contributed by atoms with van der Waals surface area (Å²) in [6.45, 7) is 2.02. The lowest BCUT2D eigenvalue weighted by molar-refractivity contribution is -0.117. The number of carbonyl (C=O) groups is 1. The lowest BCUT2D eigenvalue weighted by Crippen LogP contribution is -2.06. The predicted molar refractivity (Wildman–Crippen MR) is 80.1 cm³/mol. The van der Waals surface area contributed by atoms with Crippen molar-refractivity contribution < 1.29 is 4.79 Å². The molecule has 98 valence electrons. The zero-order chi connectivity index (χ0) is 13.8. The zero-order valence-electron chi connectivity index (χ0n) is 10.6. The van der Waals surface area contributed by atoms with Gasteiger partial charge in [-0.05, 0) is 30.2 Å². The lowest BCUT2D eigenvalue weighted by atomic mass is 10.0. The van der Waals surface area contributed by atoms with Gasteiger partial charge in [-0.2, -0.15) is 0 Å². The molecule has 0 N–H and O–H groups in total. The van der Waals surface area contributed by atoms with E-state index in [0.717, 1.165) is 11.1 Å². The molecule has 0 saturated heterocycles. The molecule has 19 heavy (non-hydrogen) atoms. The van der Waals surface area contributed by atoms with Crippen molar-refractivity contribution in [2.45, 2.75) is 19.8 Å². The fourth-order valence-electron chi connectivity index (χ4n) is 1.99. The SMILES string of the molecule is Cc1cccc(CC(=O)Cc2ccc(Cl)c(Cl)c2)c1. The maximum atomic E-state index is 12.0. The van der Waals surface area contributed by atoms with E-state index >= 15 is 0 Å². The second-order valence-electron chi connectivity index (χ2n) is 4.63. The van der Waals surface area contributed by atoms with Gasteiger partial charge in [-0.3, -0.25) is 4.79 Å². The Labute approximate surface area is 123 Å². The molecule has 1 nitrogen and oxygen atoms in total. The van der Waals surface area contributed by atoms with Gasteiger partial charge < -0.3 is 0 Å². The Balaban J connectivity index is 2.03. The number of carbonyl (C=O) groups excluding carboxylic acids is 1. The van der Waals surface area contributed by atoms with Crippen LogP contribution in [0.5, 0.6) is 0 Å². The number of Topliss-reactive ketones (excluding diaryl/α,β-unsaturated/α-hetero) is 1. The summed E-state index contributed by atoms with van der Waals surface area (Å²) in [5.41, 5.74) is 3.11. The second-order valence-corrected chi connectivity index (χ2v) is 5.44. The van der Waals surface area contributed by atoms with Crippen LogP contribution in [0.2, 0.25) is 10.0 Å². The van der Waals surface area contributed by atoms with Crippen molar-refractivity contribution >= 4 is 29.0 Å². The molecular formula is C16H14Cl2O. The molecule has 0 heterocycles. The summed E-state index contributed by atoms with van der Waals surface area (Å²) in [6.07, 6.45) is 0.826. The quantitative estimate of drug-likeness (QED) is 0.801. The van der Waals surface area contributed by atoms with Crippen molar-refractivity contribution in [1.29, 1.82) is 0 Å². The summed E-state index contributed by atoms with van der Waals surface area (Å²) in [5, 5.41) is 0.999. The van der Waals surface area contributed by atoms with E-state index in [9.17, 15) is 4.79 Å². The van der Waals surface area contributed by atoms with Gasteiger partial charge in [-0.25, -0.2) is 0 Å². The Morgan fingerprint density at radius 3 is 2.26 bits per heavy atom. The fraction of sp³-hybridized carbons (Fsp3) is 0.188. The van der Waals surface area contributed by atoms with Gasteiger partial charge >= 0.3 is 0 Å². The highest BCUT2D eigenvalue weighted by Gasteiger charge is 2.07. The van der Waals surface area contributed by atoms with Crippen LogP contribution in [0.25, 0.3) is 0 Å².